The first kappa shape index (κ1) is 25.3. The fourth-order valence-electron chi connectivity index (χ4n) is 4.26. The summed E-state index contributed by atoms with van der Waals surface area (Å²) in [6.45, 7) is 3.87. The van der Waals surface area contributed by atoms with E-state index < -0.39 is 12.1 Å². The molecule has 36 heavy (non-hydrogen) atoms. The van der Waals surface area contributed by atoms with Gasteiger partial charge in [-0.3, -0.25) is 4.79 Å². The Balaban J connectivity index is 1.30. The van der Waals surface area contributed by atoms with E-state index in [0.29, 0.717) is 24.4 Å². The minimum absolute atomic E-state index is 0.179. The van der Waals surface area contributed by atoms with Crippen molar-refractivity contribution in [1.82, 2.24) is 15.5 Å². The van der Waals surface area contributed by atoms with Crippen LogP contribution < -0.4 is 20.7 Å². The quantitative estimate of drug-likeness (QED) is 0.340. The van der Waals surface area contributed by atoms with Crippen LogP contribution in [-0.4, -0.2) is 49.1 Å². The monoisotopic (exact) mass is 486 g/mol. The molecule has 0 radical (unpaired) electrons. The Hall–Kier alpha value is -3.84. The van der Waals surface area contributed by atoms with Crippen molar-refractivity contribution in [2.75, 3.05) is 31.5 Å². The second-order valence-corrected chi connectivity index (χ2v) is 8.97. The average Bonchev–Trinajstić information content (AvgIpc) is 3.42. The lowest BCUT2D eigenvalue weighted by atomic mass is 10.1. The van der Waals surface area contributed by atoms with Gasteiger partial charge in [0.1, 0.15) is 17.5 Å². The van der Waals surface area contributed by atoms with E-state index in [0.717, 1.165) is 37.4 Å². The van der Waals surface area contributed by atoms with Gasteiger partial charge in [0.25, 0.3) is 0 Å². The number of rotatable bonds is 11. The third-order valence-corrected chi connectivity index (χ3v) is 6.14. The predicted octanol–water partition coefficient (Wildman–Crippen LogP) is 4.81. The van der Waals surface area contributed by atoms with E-state index in [1.165, 1.54) is 12.8 Å². The van der Waals surface area contributed by atoms with Crippen LogP contribution in [0.5, 0.6) is 11.5 Å². The molecule has 3 N–H and O–H groups in total. The normalized spacial score (nSPS) is 14.1. The highest BCUT2D eigenvalue weighted by atomic mass is 16.5. The van der Waals surface area contributed by atoms with E-state index in [1.807, 2.05) is 60.7 Å². The third-order valence-electron chi connectivity index (χ3n) is 6.14. The van der Waals surface area contributed by atoms with Crippen LogP contribution in [0.2, 0.25) is 0 Å². The lowest BCUT2D eigenvalue weighted by molar-refractivity contribution is -0.122. The van der Waals surface area contributed by atoms with Gasteiger partial charge in [-0.05, 0) is 80.9 Å². The van der Waals surface area contributed by atoms with Crippen LogP contribution in [0.4, 0.5) is 10.5 Å². The summed E-state index contributed by atoms with van der Waals surface area (Å²) < 4.78 is 5.80. The van der Waals surface area contributed by atoms with Crippen LogP contribution in [0, 0.1) is 0 Å². The van der Waals surface area contributed by atoms with Gasteiger partial charge in [-0.15, -0.1) is 0 Å². The van der Waals surface area contributed by atoms with Gasteiger partial charge >= 0.3 is 6.03 Å². The molecule has 0 aliphatic carbocycles. The summed E-state index contributed by atoms with van der Waals surface area (Å²) in [5, 5.41) is 8.66. The van der Waals surface area contributed by atoms with Gasteiger partial charge in [0.15, 0.2) is 0 Å². The number of urea groups is 1. The van der Waals surface area contributed by atoms with Crippen molar-refractivity contribution in [3.8, 4) is 11.5 Å². The van der Waals surface area contributed by atoms with E-state index in [4.69, 9.17) is 4.74 Å². The molecule has 1 saturated heterocycles. The Kier molecular flexibility index (Phi) is 9.33. The Bertz CT molecular complexity index is 1080. The van der Waals surface area contributed by atoms with Gasteiger partial charge in [0, 0.05) is 18.7 Å². The predicted molar refractivity (Wildman–Crippen MR) is 142 cm³/mol. The molecular weight excluding hydrogens is 452 g/mol. The zero-order chi connectivity index (χ0) is 25.0. The van der Waals surface area contributed by atoms with E-state index in [2.05, 4.69) is 20.9 Å². The molecule has 3 aromatic carbocycles. The molecule has 1 aliphatic heterocycles. The van der Waals surface area contributed by atoms with Gasteiger partial charge in [-0.1, -0.05) is 48.5 Å². The van der Waals surface area contributed by atoms with Crippen molar-refractivity contribution in [2.45, 2.75) is 31.7 Å². The molecule has 0 saturated carbocycles. The van der Waals surface area contributed by atoms with E-state index in [-0.39, 0.29) is 5.91 Å². The van der Waals surface area contributed by atoms with E-state index in [1.54, 1.807) is 24.3 Å². The molecule has 7 heteroatoms. The molecule has 0 aromatic heterocycles. The van der Waals surface area contributed by atoms with Crippen molar-refractivity contribution in [3.63, 3.8) is 0 Å². The molecule has 188 valence electrons. The van der Waals surface area contributed by atoms with Crippen LogP contribution in [0.15, 0.2) is 84.9 Å². The summed E-state index contributed by atoms with van der Waals surface area (Å²) in [5.74, 6) is 1.23. The lowest BCUT2D eigenvalue weighted by Gasteiger charge is -2.20. The molecule has 1 fully saturated rings. The van der Waals surface area contributed by atoms with Crippen LogP contribution in [0.1, 0.15) is 24.8 Å². The number of carbonyl (C=O) groups excluding carboxylic acids is 2. The standard InChI is InChI=1S/C29H34N4O3/c34-28(30-18-9-21-33-19-7-8-20-33)27(22-23-10-3-1-4-11-23)32-29(35)31-24-14-16-26(17-15-24)36-25-12-5-2-6-13-25/h1-6,10-17,27H,7-9,18-22H2,(H,30,34)(H2,31,32,35). The number of carbonyl (C=O) groups is 2. The minimum Gasteiger partial charge on any atom is -0.457 e. The summed E-state index contributed by atoms with van der Waals surface area (Å²) in [4.78, 5) is 28.1. The number of hydrogen-bond acceptors (Lipinski definition) is 4. The highest BCUT2D eigenvalue weighted by Crippen LogP contribution is 2.22. The third kappa shape index (κ3) is 8.13. The van der Waals surface area contributed by atoms with Crippen LogP contribution in [-0.2, 0) is 11.2 Å². The molecule has 4 rings (SSSR count). The summed E-state index contributed by atoms with van der Waals surface area (Å²) in [6.07, 6.45) is 3.82. The molecule has 1 heterocycles. The Morgan fingerprint density at radius 2 is 1.47 bits per heavy atom. The highest BCUT2D eigenvalue weighted by molar-refractivity contribution is 5.93. The number of nitrogens with zero attached hydrogens (tertiary/aromatic N) is 1. The van der Waals surface area contributed by atoms with Crippen molar-refractivity contribution < 1.29 is 14.3 Å². The number of nitrogens with one attached hydrogen (secondary N) is 3. The summed E-state index contributed by atoms with van der Waals surface area (Å²) in [7, 11) is 0. The highest BCUT2D eigenvalue weighted by Gasteiger charge is 2.21. The number of anilines is 1. The lowest BCUT2D eigenvalue weighted by Crippen LogP contribution is -2.49. The van der Waals surface area contributed by atoms with Gasteiger partial charge in [-0.25, -0.2) is 4.79 Å². The number of ether oxygens (including phenoxy) is 1. The van der Waals surface area contributed by atoms with Crippen molar-refractivity contribution in [3.05, 3.63) is 90.5 Å². The average molecular weight is 487 g/mol. The van der Waals surface area contributed by atoms with Crippen LogP contribution in [0.3, 0.4) is 0 Å². The molecule has 1 atom stereocenters. The maximum atomic E-state index is 13.0. The van der Waals surface area contributed by atoms with Crippen LogP contribution in [0.25, 0.3) is 0 Å². The molecule has 7 nitrogen and oxygen atoms in total. The first-order valence-electron chi connectivity index (χ1n) is 12.6. The number of benzene rings is 3. The maximum absolute atomic E-state index is 13.0. The summed E-state index contributed by atoms with van der Waals surface area (Å²) >= 11 is 0. The first-order chi connectivity index (χ1) is 17.7. The van der Waals surface area contributed by atoms with Crippen LogP contribution >= 0.6 is 0 Å². The minimum atomic E-state index is -0.681. The largest absolute Gasteiger partial charge is 0.457 e. The SMILES string of the molecule is O=C(Nc1ccc(Oc2ccccc2)cc1)NC(Cc1ccccc1)C(=O)NCCCN1CCCC1. The fourth-order valence-corrected chi connectivity index (χ4v) is 4.26. The fraction of sp³-hybridized carbons (Fsp3) is 0.310. The Labute approximate surface area is 212 Å². The molecule has 1 aliphatic rings. The molecule has 3 aromatic rings. The first-order valence-corrected chi connectivity index (χ1v) is 12.6. The Morgan fingerprint density at radius 3 is 2.17 bits per heavy atom. The van der Waals surface area contributed by atoms with Crippen molar-refractivity contribution in [2.24, 2.45) is 0 Å². The summed E-state index contributed by atoms with van der Waals surface area (Å²) in [5.41, 5.74) is 1.59. The van der Waals surface area contributed by atoms with Crippen molar-refractivity contribution >= 4 is 17.6 Å². The number of amides is 3. The second-order valence-electron chi connectivity index (χ2n) is 8.97. The van der Waals surface area contributed by atoms with E-state index in [9.17, 15) is 9.59 Å². The topological polar surface area (TPSA) is 82.7 Å². The van der Waals surface area contributed by atoms with Gasteiger partial charge in [0.2, 0.25) is 5.91 Å². The molecule has 1 unspecified atom stereocenters. The Morgan fingerprint density at radius 1 is 0.833 bits per heavy atom. The second kappa shape index (κ2) is 13.3. The smallest absolute Gasteiger partial charge is 0.319 e. The number of likely N-dealkylation sites (tertiary alicyclic amines) is 1. The molecule has 3 amide bonds. The van der Waals surface area contributed by atoms with Gasteiger partial charge < -0.3 is 25.6 Å². The zero-order valence-electron chi connectivity index (χ0n) is 20.5. The summed E-state index contributed by atoms with van der Waals surface area (Å²) in [6, 6.07) is 25.2. The maximum Gasteiger partial charge on any atom is 0.319 e. The number of hydrogen-bond donors (Lipinski definition) is 3. The van der Waals surface area contributed by atoms with Gasteiger partial charge in [-0.2, -0.15) is 0 Å². The van der Waals surface area contributed by atoms with E-state index >= 15 is 0 Å². The molecule has 0 bridgehead atoms. The molecule has 0 spiro atoms. The van der Waals surface area contributed by atoms with Gasteiger partial charge in [0.05, 0.1) is 0 Å². The number of para-hydroxylation sites is 1. The zero-order valence-corrected chi connectivity index (χ0v) is 20.5. The molecular formula is C29H34N4O3. The van der Waals surface area contributed by atoms with Crippen molar-refractivity contribution in [1.29, 1.82) is 0 Å².